The Kier molecular flexibility index (Phi) is 4.66. The molecule has 0 saturated carbocycles. The minimum atomic E-state index is -0.159. The molecular weight excluding hydrogens is 308 g/mol. The van der Waals surface area contributed by atoms with Crippen LogP contribution in [0.15, 0.2) is 6.33 Å². The number of hydrogen-bond acceptors (Lipinski definition) is 5. The molecule has 0 spiro atoms. The van der Waals surface area contributed by atoms with Crippen molar-refractivity contribution in [2.45, 2.75) is 58.8 Å². The Hall–Kier alpha value is -2.22. The Morgan fingerprint density at radius 2 is 2.29 bits per heavy atom. The summed E-state index contributed by atoms with van der Waals surface area (Å²) >= 11 is 0. The molecule has 8 nitrogen and oxygen atoms in total. The number of nitrogens with zero attached hydrogens (tertiary/aromatic N) is 4. The second-order valence-corrected chi connectivity index (χ2v) is 6.55. The predicted octanol–water partition coefficient (Wildman–Crippen LogP) is 1.58. The summed E-state index contributed by atoms with van der Waals surface area (Å²) in [5.74, 6) is 1.05. The van der Waals surface area contributed by atoms with Gasteiger partial charge in [0.15, 0.2) is 5.69 Å². The SMILES string of the molecule is CC(C)c1nncn1CCNC(=O)c1n[nH]c2c1C[C@H](C)O[C@@H]2C. The van der Waals surface area contributed by atoms with Gasteiger partial charge in [-0.1, -0.05) is 13.8 Å². The van der Waals surface area contributed by atoms with E-state index in [1.165, 1.54) is 0 Å². The molecule has 1 amide bonds. The molecule has 0 fully saturated rings. The second kappa shape index (κ2) is 6.72. The van der Waals surface area contributed by atoms with E-state index in [4.69, 9.17) is 4.74 Å². The van der Waals surface area contributed by atoms with E-state index < -0.39 is 0 Å². The molecule has 1 aliphatic rings. The van der Waals surface area contributed by atoms with E-state index in [9.17, 15) is 4.79 Å². The Morgan fingerprint density at radius 3 is 3.04 bits per heavy atom. The minimum absolute atomic E-state index is 0.0663. The van der Waals surface area contributed by atoms with Gasteiger partial charge in [0.05, 0.1) is 17.9 Å². The van der Waals surface area contributed by atoms with Crippen molar-refractivity contribution in [3.8, 4) is 0 Å². The summed E-state index contributed by atoms with van der Waals surface area (Å²) in [4.78, 5) is 12.5. The number of hydrogen-bond donors (Lipinski definition) is 2. The number of fused-ring (bicyclic) bond motifs is 1. The van der Waals surface area contributed by atoms with Gasteiger partial charge in [-0.25, -0.2) is 0 Å². The van der Waals surface area contributed by atoms with E-state index in [2.05, 4.69) is 39.6 Å². The van der Waals surface area contributed by atoms with Crippen molar-refractivity contribution in [2.24, 2.45) is 0 Å². The maximum Gasteiger partial charge on any atom is 0.272 e. The first kappa shape index (κ1) is 16.6. The van der Waals surface area contributed by atoms with Crippen LogP contribution in [-0.4, -0.2) is 43.5 Å². The summed E-state index contributed by atoms with van der Waals surface area (Å²) in [7, 11) is 0. The lowest BCUT2D eigenvalue weighted by Gasteiger charge is -2.25. The fraction of sp³-hybridized carbons (Fsp3) is 0.625. The fourth-order valence-electron chi connectivity index (χ4n) is 3.12. The van der Waals surface area contributed by atoms with Gasteiger partial charge in [0.25, 0.3) is 5.91 Å². The molecule has 0 radical (unpaired) electrons. The highest BCUT2D eigenvalue weighted by atomic mass is 16.5. The van der Waals surface area contributed by atoms with Gasteiger partial charge in [0.2, 0.25) is 0 Å². The van der Waals surface area contributed by atoms with Crippen molar-refractivity contribution in [3.63, 3.8) is 0 Å². The number of amides is 1. The monoisotopic (exact) mass is 332 g/mol. The van der Waals surface area contributed by atoms with E-state index in [1.807, 2.05) is 18.4 Å². The zero-order valence-corrected chi connectivity index (χ0v) is 14.5. The van der Waals surface area contributed by atoms with Gasteiger partial charge in [-0.3, -0.25) is 9.89 Å². The number of aromatic amines is 1. The molecule has 8 heteroatoms. The number of rotatable bonds is 5. The van der Waals surface area contributed by atoms with Crippen molar-refractivity contribution in [1.29, 1.82) is 0 Å². The minimum Gasteiger partial charge on any atom is -0.369 e. The van der Waals surface area contributed by atoms with Crippen LogP contribution < -0.4 is 5.32 Å². The maximum atomic E-state index is 12.5. The van der Waals surface area contributed by atoms with Crippen LogP contribution in [0.25, 0.3) is 0 Å². The first-order valence-corrected chi connectivity index (χ1v) is 8.35. The highest BCUT2D eigenvalue weighted by Gasteiger charge is 2.29. The topological polar surface area (TPSA) is 97.7 Å². The van der Waals surface area contributed by atoms with Crippen molar-refractivity contribution in [1.82, 2.24) is 30.3 Å². The van der Waals surface area contributed by atoms with Gasteiger partial charge < -0.3 is 14.6 Å². The van der Waals surface area contributed by atoms with Crippen molar-refractivity contribution in [2.75, 3.05) is 6.54 Å². The molecule has 130 valence electrons. The van der Waals surface area contributed by atoms with Gasteiger partial charge in [0, 0.05) is 31.0 Å². The quantitative estimate of drug-likeness (QED) is 0.866. The molecule has 0 aromatic carbocycles. The van der Waals surface area contributed by atoms with Crippen LogP contribution in [0.4, 0.5) is 0 Å². The summed E-state index contributed by atoms with van der Waals surface area (Å²) in [5, 5.41) is 18.1. The standard InChI is InChI=1S/C16H24N6O2/c1-9(2)15-21-18-8-22(15)6-5-17-16(23)14-12-7-10(3)24-11(4)13(12)19-20-14/h8-11H,5-7H2,1-4H3,(H,17,23)(H,19,20)/t10-,11+/m0/s1. The van der Waals surface area contributed by atoms with E-state index in [1.54, 1.807) is 6.33 Å². The number of ether oxygens (including phenoxy) is 1. The lowest BCUT2D eigenvalue weighted by Crippen LogP contribution is -2.30. The molecule has 2 aromatic rings. The second-order valence-electron chi connectivity index (χ2n) is 6.55. The molecule has 3 rings (SSSR count). The normalized spacial score (nSPS) is 20.2. The molecule has 3 heterocycles. The van der Waals surface area contributed by atoms with Crippen LogP contribution in [0.1, 0.15) is 67.3 Å². The van der Waals surface area contributed by atoms with Crippen LogP contribution in [-0.2, 0) is 17.7 Å². The Balaban J connectivity index is 1.63. The molecule has 2 aromatic heterocycles. The molecule has 0 saturated heterocycles. The summed E-state index contributed by atoms with van der Waals surface area (Å²) < 4.78 is 7.71. The average Bonchev–Trinajstić information content (AvgIpc) is 3.13. The lowest BCUT2D eigenvalue weighted by atomic mass is 9.99. The number of carbonyl (C=O) groups is 1. The van der Waals surface area contributed by atoms with Crippen molar-refractivity contribution < 1.29 is 9.53 Å². The number of carbonyl (C=O) groups excluding carboxylic acids is 1. The van der Waals surface area contributed by atoms with Crippen LogP contribution in [0.2, 0.25) is 0 Å². The van der Waals surface area contributed by atoms with Crippen molar-refractivity contribution in [3.05, 3.63) is 29.1 Å². The van der Waals surface area contributed by atoms with Gasteiger partial charge in [-0.05, 0) is 13.8 Å². The van der Waals surface area contributed by atoms with E-state index in [-0.39, 0.29) is 18.1 Å². The smallest absolute Gasteiger partial charge is 0.272 e. The van der Waals surface area contributed by atoms with Crippen LogP contribution in [0.3, 0.4) is 0 Å². The van der Waals surface area contributed by atoms with Gasteiger partial charge >= 0.3 is 0 Å². The van der Waals surface area contributed by atoms with Crippen molar-refractivity contribution >= 4 is 5.91 Å². The third kappa shape index (κ3) is 3.19. The molecule has 0 unspecified atom stereocenters. The molecular formula is C16H24N6O2. The van der Waals surface area contributed by atoms with E-state index in [0.29, 0.717) is 31.1 Å². The Bertz CT molecular complexity index is 720. The van der Waals surface area contributed by atoms with Gasteiger partial charge in [0.1, 0.15) is 12.2 Å². The largest absolute Gasteiger partial charge is 0.369 e. The fourth-order valence-corrected chi connectivity index (χ4v) is 3.12. The summed E-state index contributed by atoms with van der Waals surface area (Å²) in [5.41, 5.74) is 2.34. The summed E-state index contributed by atoms with van der Waals surface area (Å²) in [6.45, 7) is 9.25. The highest BCUT2D eigenvalue weighted by molar-refractivity contribution is 5.94. The van der Waals surface area contributed by atoms with Crippen LogP contribution in [0, 0.1) is 0 Å². The molecule has 0 aliphatic carbocycles. The van der Waals surface area contributed by atoms with Crippen LogP contribution >= 0.6 is 0 Å². The molecule has 2 atom stereocenters. The Labute approximate surface area is 141 Å². The van der Waals surface area contributed by atoms with E-state index in [0.717, 1.165) is 17.1 Å². The van der Waals surface area contributed by atoms with E-state index >= 15 is 0 Å². The molecule has 2 N–H and O–H groups in total. The zero-order valence-electron chi connectivity index (χ0n) is 14.5. The molecule has 24 heavy (non-hydrogen) atoms. The summed E-state index contributed by atoms with van der Waals surface area (Å²) in [6, 6.07) is 0. The first-order valence-electron chi connectivity index (χ1n) is 8.35. The predicted molar refractivity (Wildman–Crippen MR) is 87.7 cm³/mol. The summed E-state index contributed by atoms with van der Waals surface area (Å²) in [6.07, 6.45) is 2.41. The maximum absolute atomic E-state index is 12.5. The third-order valence-corrected chi connectivity index (χ3v) is 4.25. The molecule has 0 bridgehead atoms. The van der Waals surface area contributed by atoms with Gasteiger partial charge in [-0.2, -0.15) is 5.10 Å². The average molecular weight is 332 g/mol. The molecule has 1 aliphatic heterocycles. The number of H-pyrrole nitrogens is 1. The lowest BCUT2D eigenvalue weighted by molar-refractivity contribution is -0.00697. The van der Waals surface area contributed by atoms with Crippen LogP contribution in [0.5, 0.6) is 0 Å². The highest BCUT2D eigenvalue weighted by Crippen LogP contribution is 2.29. The number of nitrogens with one attached hydrogen (secondary N) is 2. The zero-order chi connectivity index (χ0) is 17.3. The Morgan fingerprint density at radius 1 is 1.50 bits per heavy atom. The first-order chi connectivity index (χ1) is 11.5. The third-order valence-electron chi connectivity index (χ3n) is 4.25. The van der Waals surface area contributed by atoms with Gasteiger partial charge in [-0.15, -0.1) is 10.2 Å². The number of aromatic nitrogens is 5.